The Balaban J connectivity index is 1.23. The van der Waals surface area contributed by atoms with Crippen LogP contribution < -0.4 is 10.1 Å². The Morgan fingerprint density at radius 3 is 2.34 bits per heavy atom. The molecule has 0 unspecified atom stereocenters. The number of ether oxygens (including phenoxy) is 1. The van der Waals surface area contributed by atoms with Crippen molar-refractivity contribution in [3.63, 3.8) is 0 Å². The van der Waals surface area contributed by atoms with E-state index in [4.69, 9.17) is 9.57 Å². The van der Waals surface area contributed by atoms with E-state index in [0.717, 1.165) is 28.4 Å². The van der Waals surface area contributed by atoms with Crippen molar-refractivity contribution in [2.75, 3.05) is 19.0 Å². The summed E-state index contributed by atoms with van der Waals surface area (Å²) in [7, 11) is 1.46. The van der Waals surface area contributed by atoms with Gasteiger partial charge in [0.25, 0.3) is 5.91 Å². The summed E-state index contributed by atoms with van der Waals surface area (Å²) in [6.07, 6.45) is 0.290. The maximum absolute atomic E-state index is 13.6. The van der Waals surface area contributed by atoms with Gasteiger partial charge in [-0.3, -0.25) is 9.59 Å². The van der Waals surface area contributed by atoms with Crippen molar-refractivity contribution in [2.45, 2.75) is 25.9 Å². The molecule has 0 saturated carbocycles. The number of oxime groups is 1. The first-order valence-electron chi connectivity index (χ1n) is 13.6. The van der Waals surface area contributed by atoms with E-state index in [1.165, 1.54) is 7.11 Å². The van der Waals surface area contributed by atoms with E-state index in [-0.39, 0.29) is 24.8 Å². The summed E-state index contributed by atoms with van der Waals surface area (Å²) in [5.41, 5.74) is 4.02. The van der Waals surface area contributed by atoms with Crippen molar-refractivity contribution >= 4 is 45.0 Å². The first-order chi connectivity index (χ1) is 20.1. The highest BCUT2D eigenvalue weighted by Gasteiger charge is 2.38. The summed E-state index contributed by atoms with van der Waals surface area (Å²) >= 11 is 0. The monoisotopic (exact) mass is 546 g/mol. The van der Waals surface area contributed by atoms with E-state index in [1.807, 2.05) is 60.7 Å². The van der Waals surface area contributed by atoms with Gasteiger partial charge in [0.1, 0.15) is 24.7 Å². The predicted octanol–water partition coefficient (Wildman–Crippen LogP) is 6.46. The Morgan fingerprint density at radius 1 is 0.878 bits per heavy atom. The maximum atomic E-state index is 13.6. The van der Waals surface area contributed by atoms with Crippen molar-refractivity contribution in [3.05, 3.63) is 103 Å². The molecule has 8 nitrogen and oxygen atoms in total. The van der Waals surface area contributed by atoms with E-state index >= 15 is 0 Å². The third kappa shape index (κ3) is 5.12. The molecule has 1 fully saturated rings. The lowest BCUT2D eigenvalue weighted by Crippen LogP contribution is -2.43. The van der Waals surface area contributed by atoms with Gasteiger partial charge in [-0.05, 0) is 67.6 Å². The molecule has 0 aliphatic carbocycles. The van der Waals surface area contributed by atoms with E-state index in [9.17, 15) is 9.59 Å². The number of nitrogens with zero attached hydrogens (tertiary/aromatic N) is 3. The number of hydrogen-bond acceptors (Lipinski definition) is 5. The fraction of sp³-hybridized carbons (Fsp3) is 0.182. The Kier molecular flexibility index (Phi) is 7.12. The van der Waals surface area contributed by atoms with Gasteiger partial charge in [0.15, 0.2) is 0 Å². The molecule has 6 rings (SSSR count). The zero-order valence-corrected chi connectivity index (χ0v) is 22.9. The number of carbonyl (C=O) groups excluding carboxylic acids is 2. The van der Waals surface area contributed by atoms with Crippen LogP contribution in [0.15, 0.2) is 102 Å². The Hall–Kier alpha value is -5.11. The summed E-state index contributed by atoms with van der Waals surface area (Å²) in [4.78, 5) is 33.7. The van der Waals surface area contributed by atoms with Crippen molar-refractivity contribution in [1.29, 1.82) is 0 Å². The van der Waals surface area contributed by atoms with Crippen LogP contribution in [0.1, 0.15) is 23.7 Å². The number of fused-ring (bicyclic) bond motifs is 3. The third-order valence-corrected chi connectivity index (χ3v) is 7.38. The minimum absolute atomic E-state index is 0.204. The van der Waals surface area contributed by atoms with E-state index in [2.05, 4.69) is 34.1 Å². The molecular formula is C33H30N4O4. The standard InChI is InChI=1S/C33H30N4O4/c1-3-36-29-12-8-7-11-27(29)28-19-23(15-18-30(28)36)34-32(38)31-20-24(35-40-2)21-37(31)33(39)22-13-16-26(17-14-22)41-25-9-5-4-6-10-25/h4-19,31H,3,20-21H2,1-2H3,(H,34,38)/b35-24-/t31-/m0/s1. The van der Waals surface area contributed by atoms with E-state index < -0.39 is 6.04 Å². The normalized spacial score (nSPS) is 15.9. The molecule has 0 radical (unpaired) electrons. The molecule has 1 aromatic heterocycles. The van der Waals surface area contributed by atoms with Gasteiger partial charge in [0.05, 0.1) is 12.3 Å². The van der Waals surface area contributed by atoms with E-state index in [0.29, 0.717) is 28.5 Å². The zero-order valence-electron chi connectivity index (χ0n) is 22.9. The largest absolute Gasteiger partial charge is 0.457 e. The summed E-state index contributed by atoms with van der Waals surface area (Å²) in [6, 6.07) is 29.8. The van der Waals surface area contributed by atoms with Crippen molar-refractivity contribution in [2.24, 2.45) is 5.16 Å². The number of benzene rings is 4. The lowest BCUT2D eigenvalue weighted by atomic mass is 10.1. The van der Waals surface area contributed by atoms with Gasteiger partial charge in [-0.25, -0.2) is 0 Å². The first-order valence-corrected chi connectivity index (χ1v) is 13.6. The number of hydrogen-bond donors (Lipinski definition) is 1. The number of carbonyl (C=O) groups is 2. The lowest BCUT2D eigenvalue weighted by Gasteiger charge is -2.23. The SMILES string of the molecule is CCn1c2ccccc2c2cc(NC(=O)[C@@H]3C/C(=N/OC)CN3C(=O)c3ccc(Oc4ccccc4)cc3)ccc21. The average Bonchev–Trinajstić information content (AvgIpc) is 3.57. The molecule has 1 saturated heterocycles. The molecule has 41 heavy (non-hydrogen) atoms. The van der Waals surface area contributed by atoms with Crippen LogP contribution in [0.25, 0.3) is 21.8 Å². The van der Waals surface area contributed by atoms with Gasteiger partial charge in [-0.2, -0.15) is 0 Å². The smallest absolute Gasteiger partial charge is 0.254 e. The topological polar surface area (TPSA) is 85.2 Å². The highest BCUT2D eigenvalue weighted by Crippen LogP contribution is 2.31. The molecule has 1 N–H and O–H groups in total. The summed E-state index contributed by atoms with van der Waals surface area (Å²) in [5, 5.41) is 9.30. The second-order valence-corrected chi connectivity index (χ2v) is 9.92. The van der Waals surface area contributed by atoms with Crippen molar-refractivity contribution in [1.82, 2.24) is 9.47 Å². The average molecular weight is 547 g/mol. The van der Waals surface area contributed by atoms with Crippen molar-refractivity contribution < 1.29 is 19.2 Å². The number of anilines is 1. The Morgan fingerprint density at radius 2 is 1.59 bits per heavy atom. The molecule has 4 aromatic carbocycles. The highest BCUT2D eigenvalue weighted by molar-refractivity contribution is 6.11. The maximum Gasteiger partial charge on any atom is 0.254 e. The number of aromatic nitrogens is 1. The minimum Gasteiger partial charge on any atom is -0.457 e. The molecule has 0 spiro atoms. The highest BCUT2D eigenvalue weighted by atomic mass is 16.6. The van der Waals surface area contributed by atoms with Crippen LogP contribution in [0.4, 0.5) is 5.69 Å². The van der Waals surface area contributed by atoms with Crippen LogP contribution in [0.3, 0.4) is 0 Å². The van der Waals surface area contributed by atoms with Crippen molar-refractivity contribution in [3.8, 4) is 11.5 Å². The molecule has 0 bridgehead atoms. The number of nitrogens with one attached hydrogen (secondary N) is 1. The van der Waals surface area contributed by atoms with Gasteiger partial charge in [0.2, 0.25) is 5.91 Å². The third-order valence-electron chi connectivity index (χ3n) is 7.38. The Bertz CT molecular complexity index is 1760. The number of amides is 2. The summed E-state index contributed by atoms with van der Waals surface area (Å²) in [5.74, 6) is 0.784. The number of aryl methyl sites for hydroxylation is 1. The van der Waals surface area contributed by atoms with Crippen LogP contribution in [-0.4, -0.2) is 46.7 Å². The molecule has 2 heterocycles. The van der Waals surface area contributed by atoms with Gasteiger partial charge in [0, 0.05) is 46.0 Å². The zero-order chi connectivity index (χ0) is 28.3. The molecule has 206 valence electrons. The molecule has 1 aliphatic heterocycles. The molecule has 5 aromatic rings. The summed E-state index contributed by atoms with van der Waals surface area (Å²) in [6.45, 7) is 3.17. The predicted molar refractivity (Wildman–Crippen MR) is 161 cm³/mol. The fourth-order valence-electron chi connectivity index (χ4n) is 5.50. The van der Waals surface area contributed by atoms with E-state index in [1.54, 1.807) is 29.2 Å². The van der Waals surface area contributed by atoms with Crippen LogP contribution in [0.2, 0.25) is 0 Å². The number of rotatable bonds is 7. The first kappa shape index (κ1) is 26.1. The summed E-state index contributed by atoms with van der Waals surface area (Å²) < 4.78 is 8.11. The second-order valence-electron chi connectivity index (χ2n) is 9.92. The van der Waals surface area contributed by atoms with Gasteiger partial charge in [-0.1, -0.05) is 41.6 Å². The minimum atomic E-state index is -0.732. The van der Waals surface area contributed by atoms with Gasteiger partial charge < -0.3 is 24.4 Å². The van der Waals surface area contributed by atoms with Gasteiger partial charge >= 0.3 is 0 Å². The molecule has 1 aliphatic rings. The quantitative estimate of drug-likeness (QED) is 0.237. The molecule has 2 amide bonds. The molecule has 8 heteroatoms. The molecule has 1 atom stereocenters. The fourth-order valence-corrected chi connectivity index (χ4v) is 5.50. The number of para-hydroxylation sites is 2. The Labute approximate surface area is 237 Å². The van der Waals surface area contributed by atoms with Crippen LogP contribution in [0, 0.1) is 0 Å². The van der Waals surface area contributed by atoms with Crippen LogP contribution >= 0.6 is 0 Å². The number of likely N-dealkylation sites (tertiary alicyclic amines) is 1. The van der Waals surface area contributed by atoms with Crippen LogP contribution in [-0.2, 0) is 16.2 Å². The molecular weight excluding hydrogens is 516 g/mol. The second kappa shape index (κ2) is 11.2. The lowest BCUT2D eigenvalue weighted by molar-refractivity contribution is -0.119. The van der Waals surface area contributed by atoms with Crippen LogP contribution in [0.5, 0.6) is 11.5 Å². The van der Waals surface area contributed by atoms with Gasteiger partial charge in [-0.15, -0.1) is 0 Å².